The molecule has 0 unspecified atom stereocenters. The molecular formula is C19H21N3O. The van der Waals surface area contributed by atoms with Gasteiger partial charge in [-0.25, -0.2) is 4.98 Å². The van der Waals surface area contributed by atoms with E-state index in [-0.39, 0.29) is 0 Å². The first kappa shape index (κ1) is 15.3. The highest BCUT2D eigenvalue weighted by Gasteiger charge is 2.12. The molecular weight excluding hydrogens is 286 g/mol. The van der Waals surface area contributed by atoms with Crippen LogP contribution in [0.25, 0.3) is 16.9 Å². The molecule has 0 atom stereocenters. The molecule has 0 radical (unpaired) electrons. The van der Waals surface area contributed by atoms with E-state index >= 15 is 0 Å². The number of hydrogen-bond donors (Lipinski definition) is 1. The summed E-state index contributed by atoms with van der Waals surface area (Å²) in [6.45, 7) is 8.81. The fourth-order valence-corrected chi connectivity index (χ4v) is 2.54. The van der Waals surface area contributed by atoms with Gasteiger partial charge in [-0.1, -0.05) is 6.58 Å². The molecule has 0 saturated carbocycles. The van der Waals surface area contributed by atoms with Crippen molar-refractivity contribution < 1.29 is 4.74 Å². The van der Waals surface area contributed by atoms with Gasteiger partial charge in [0.2, 0.25) is 0 Å². The zero-order valence-corrected chi connectivity index (χ0v) is 13.5. The predicted molar refractivity (Wildman–Crippen MR) is 93.6 cm³/mol. The monoisotopic (exact) mass is 307 g/mol. The predicted octanol–water partition coefficient (Wildman–Crippen LogP) is 3.72. The van der Waals surface area contributed by atoms with Crippen molar-refractivity contribution in [2.75, 3.05) is 6.61 Å². The lowest BCUT2D eigenvalue weighted by atomic mass is 10.1. The van der Waals surface area contributed by atoms with E-state index in [9.17, 15) is 0 Å². The summed E-state index contributed by atoms with van der Waals surface area (Å²) in [6.07, 6.45) is 2.02. The van der Waals surface area contributed by atoms with Crippen LogP contribution < -0.4 is 10.5 Å². The number of pyridine rings is 1. The summed E-state index contributed by atoms with van der Waals surface area (Å²) >= 11 is 0. The quantitative estimate of drug-likeness (QED) is 0.731. The van der Waals surface area contributed by atoms with Crippen molar-refractivity contribution in [2.24, 2.45) is 5.73 Å². The fraction of sp³-hybridized carbons (Fsp3) is 0.211. The van der Waals surface area contributed by atoms with Gasteiger partial charge in [0, 0.05) is 18.3 Å². The Bertz CT molecular complexity index is 847. The minimum atomic E-state index is 0.438. The molecule has 0 bridgehead atoms. The van der Waals surface area contributed by atoms with E-state index in [2.05, 4.69) is 25.6 Å². The largest absolute Gasteiger partial charge is 0.489 e. The molecule has 4 nitrogen and oxygen atoms in total. The lowest BCUT2D eigenvalue weighted by molar-refractivity contribution is 0.353. The summed E-state index contributed by atoms with van der Waals surface area (Å²) in [6, 6.07) is 12.1. The Morgan fingerprint density at radius 2 is 2.00 bits per heavy atom. The summed E-state index contributed by atoms with van der Waals surface area (Å²) < 4.78 is 7.69. The number of fused-ring (bicyclic) bond motifs is 1. The number of aryl methyl sites for hydroxylation is 1. The molecule has 118 valence electrons. The van der Waals surface area contributed by atoms with Crippen LogP contribution in [0.2, 0.25) is 0 Å². The number of ether oxygens (including phenoxy) is 1. The lowest BCUT2D eigenvalue weighted by Crippen LogP contribution is -2.02. The molecule has 1 aromatic carbocycles. The van der Waals surface area contributed by atoms with E-state index in [1.165, 1.54) is 5.56 Å². The van der Waals surface area contributed by atoms with Gasteiger partial charge in [0.15, 0.2) is 0 Å². The number of benzene rings is 1. The van der Waals surface area contributed by atoms with Crippen molar-refractivity contribution in [1.82, 2.24) is 9.38 Å². The maximum absolute atomic E-state index is 5.95. The third-order valence-electron chi connectivity index (χ3n) is 3.69. The number of hydrogen-bond acceptors (Lipinski definition) is 3. The topological polar surface area (TPSA) is 52.5 Å². The van der Waals surface area contributed by atoms with Gasteiger partial charge in [-0.15, -0.1) is 0 Å². The van der Waals surface area contributed by atoms with Gasteiger partial charge in [-0.05, 0) is 61.4 Å². The van der Waals surface area contributed by atoms with Crippen LogP contribution in [0.4, 0.5) is 0 Å². The normalized spacial score (nSPS) is 10.9. The lowest BCUT2D eigenvalue weighted by Gasteiger charge is -2.07. The average molecular weight is 307 g/mol. The molecule has 0 fully saturated rings. The second-order valence-electron chi connectivity index (χ2n) is 5.81. The molecule has 0 saturated heterocycles. The Balaban J connectivity index is 1.97. The molecule has 4 heteroatoms. The molecule has 2 N–H and O–H groups in total. The van der Waals surface area contributed by atoms with Crippen LogP contribution in [0.1, 0.15) is 18.2 Å². The molecule has 2 aromatic heterocycles. The number of nitrogens with two attached hydrogens (primary N) is 1. The second-order valence-corrected chi connectivity index (χ2v) is 5.81. The molecule has 0 aliphatic rings. The molecule has 0 spiro atoms. The van der Waals surface area contributed by atoms with E-state index in [1.807, 2.05) is 41.8 Å². The van der Waals surface area contributed by atoms with Gasteiger partial charge in [-0.3, -0.25) is 0 Å². The van der Waals surface area contributed by atoms with Crippen molar-refractivity contribution >= 4 is 5.65 Å². The SMILES string of the molecule is C=C(C)COc1ccc(-c2nc3cc(C)ccn3c2CN)cc1. The first-order valence-electron chi connectivity index (χ1n) is 7.64. The summed E-state index contributed by atoms with van der Waals surface area (Å²) in [7, 11) is 0. The van der Waals surface area contributed by atoms with Crippen LogP contribution in [0, 0.1) is 6.92 Å². The van der Waals surface area contributed by atoms with Crippen LogP contribution >= 0.6 is 0 Å². The fourth-order valence-electron chi connectivity index (χ4n) is 2.54. The van der Waals surface area contributed by atoms with Gasteiger partial charge >= 0.3 is 0 Å². The molecule has 0 aliphatic carbocycles. The average Bonchev–Trinajstić information content (AvgIpc) is 2.90. The van der Waals surface area contributed by atoms with Crippen molar-refractivity contribution in [3.05, 3.63) is 66.0 Å². The second kappa shape index (κ2) is 6.26. The van der Waals surface area contributed by atoms with E-state index in [0.29, 0.717) is 13.2 Å². The van der Waals surface area contributed by atoms with Crippen LogP contribution in [-0.4, -0.2) is 16.0 Å². The molecule has 2 heterocycles. The van der Waals surface area contributed by atoms with Gasteiger partial charge in [0.05, 0.1) is 11.4 Å². The number of nitrogens with zero attached hydrogens (tertiary/aromatic N) is 2. The Morgan fingerprint density at radius 3 is 2.65 bits per heavy atom. The van der Waals surface area contributed by atoms with Crippen LogP contribution in [0.15, 0.2) is 54.7 Å². The van der Waals surface area contributed by atoms with Gasteiger partial charge in [-0.2, -0.15) is 0 Å². The summed E-state index contributed by atoms with van der Waals surface area (Å²) in [5, 5.41) is 0. The smallest absolute Gasteiger partial charge is 0.137 e. The third-order valence-corrected chi connectivity index (χ3v) is 3.69. The Kier molecular flexibility index (Phi) is 4.17. The standard InChI is InChI=1S/C19H21N3O/c1-13(2)12-23-16-6-4-15(5-7-16)19-17(11-20)22-9-8-14(3)10-18(22)21-19/h4-10H,1,11-12,20H2,2-3H3. The first-order chi connectivity index (χ1) is 11.1. The van der Waals surface area contributed by atoms with Crippen LogP contribution in [0.3, 0.4) is 0 Å². The number of rotatable bonds is 5. The molecule has 0 aliphatic heterocycles. The van der Waals surface area contributed by atoms with Crippen molar-refractivity contribution in [1.29, 1.82) is 0 Å². The maximum atomic E-state index is 5.95. The van der Waals surface area contributed by atoms with Crippen molar-refractivity contribution in [3.8, 4) is 17.0 Å². The zero-order valence-electron chi connectivity index (χ0n) is 13.5. The van der Waals surface area contributed by atoms with Crippen LogP contribution in [-0.2, 0) is 6.54 Å². The maximum Gasteiger partial charge on any atom is 0.137 e. The minimum Gasteiger partial charge on any atom is -0.489 e. The van der Waals surface area contributed by atoms with Crippen LogP contribution in [0.5, 0.6) is 5.75 Å². The zero-order chi connectivity index (χ0) is 16.4. The first-order valence-corrected chi connectivity index (χ1v) is 7.64. The molecule has 3 rings (SSSR count). The Morgan fingerprint density at radius 1 is 1.26 bits per heavy atom. The highest BCUT2D eigenvalue weighted by molar-refractivity contribution is 5.67. The summed E-state index contributed by atoms with van der Waals surface area (Å²) in [5.41, 5.74) is 12.0. The van der Waals surface area contributed by atoms with Crippen molar-refractivity contribution in [2.45, 2.75) is 20.4 Å². The van der Waals surface area contributed by atoms with E-state index in [0.717, 1.165) is 33.9 Å². The minimum absolute atomic E-state index is 0.438. The molecule has 23 heavy (non-hydrogen) atoms. The molecule has 0 amide bonds. The summed E-state index contributed by atoms with van der Waals surface area (Å²) in [5.74, 6) is 0.825. The van der Waals surface area contributed by atoms with Gasteiger partial charge in [0.1, 0.15) is 18.0 Å². The van der Waals surface area contributed by atoms with E-state index in [1.54, 1.807) is 0 Å². The van der Waals surface area contributed by atoms with Crippen molar-refractivity contribution in [3.63, 3.8) is 0 Å². The highest BCUT2D eigenvalue weighted by atomic mass is 16.5. The summed E-state index contributed by atoms with van der Waals surface area (Å²) in [4.78, 5) is 4.75. The number of aromatic nitrogens is 2. The third kappa shape index (κ3) is 3.12. The Labute approximate surface area is 136 Å². The van der Waals surface area contributed by atoms with Gasteiger partial charge in [0.25, 0.3) is 0 Å². The highest BCUT2D eigenvalue weighted by Crippen LogP contribution is 2.26. The van der Waals surface area contributed by atoms with E-state index in [4.69, 9.17) is 15.5 Å². The number of imidazole rings is 1. The Hall–Kier alpha value is -2.59. The van der Waals surface area contributed by atoms with E-state index < -0.39 is 0 Å². The van der Waals surface area contributed by atoms with Gasteiger partial charge < -0.3 is 14.9 Å². The molecule has 3 aromatic rings.